The van der Waals surface area contributed by atoms with Crippen LogP contribution in [0, 0.1) is 6.92 Å². The van der Waals surface area contributed by atoms with E-state index in [2.05, 4.69) is 5.10 Å². The van der Waals surface area contributed by atoms with Gasteiger partial charge in [0.15, 0.2) is 0 Å². The number of carbonyl (C=O) groups excluding carboxylic acids is 1. The monoisotopic (exact) mass is 216 g/mol. The minimum Gasteiger partial charge on any atom is -0.397 e. The highest BCUT2D eigenvalue weighted by Crippen LogP contribution is 2.20. The van der Waals surface area contributed by atoms with Gasteiger partial charge in [-0.25, -0.2) is 4.68 Å². The molecule has 0 unspecified atom stereocenters. The first kappa shape index (κ1) is 10.2. The van der Waals surface area contributed by atoms with E-state index in [9.17, 15) is 4.79 Å². The summed E-state index contributed by atoms with van der Waals surface area (Å²) in [6.07, 6.45) is 2.98. The number of benzene rings is 1. The fourth-order valence-corrected chi connectivity index (χ4v) is 1.45. The molecule has 0 aliphatic carbocycles. The van der Waals surface area contributed by atoms with Crippen molar-refractivity contribution in [2.24, 2.45) is 5.73 Å². The SMILES string of the molecule is Cc1cccc(-n2cc(C(N)=O)cn2)c1N. The number of primary amides is 1. The van der Waals surface area contributed by atoms with Crippen molar-refractivity contribution in [1.82, 2.24) is 9.78 Å². The van der Waals surface area contributed by atoms with Crippen molar-refractivity contribution in [3.8, 4) is 5.69 Å². The second kappa shape index (κ2) is 3.69. The molecule has 4 N–H and O–H groups in total. The van der Waals surface area contributed by atoms with E-state index in [-0.39, 0.29) is 0 Å². The van der Waals surface area contributed by atoms with Crippen molar-refractivity contribution in [2.75, 3.05) is 5.73 Å². The number of aromatic nitrogens is 2. The van der Waals surface area contributed by atoms with E-state index in [1.807, 2.05) is 25.1 Å². The molecule has 2 rings (SSSR count). The van der Waals surface area contributed by atoms with Crippen LogP contribution in [0.2, 0.25) is 0 Å². The molecule has 1 heterocycles. The van der Waals surface area contributed by atoms with Crippen molar-refractivity contribution in [2.45, 2.75) is 6.92 Å². The molecule has 2 aromatic rings. The lowest BCUT2D eigenvalue weighted by Gasteiger charge is -2.07. The number of para-hydroxylation sites is 1. The van der Waals surface area contributed by atoms with Crippen LogP contribution >= 0.6 is 0 Å². The zero-order valence-electron chi connectivity index (χ0n) is 8.84. The highest BCUT2D eigenvalue weighted by Gasteiger charge is 2.08. The maximum absolute atomic E-state index is 10.9. The minimum absolute atomic E-state index is 0.362. The summed E-state index contributed by atoms with van der Waals surface area (Å²) in [7, 11) is 0. The largest absolute Gasteiger partial charge is 0.397 e. The second-order valence-electron chi connectivity index (χ2n) is 3.55. The normalized spacial score (nSPS) is 10.3. The summed E-state index contributed by atoms with van der Waals surface area (Å²) in [6, 6.07) is 5.63. The standard InChI is InChI=1S/C11H12N4O/c1-7-3-2-4-9(10(7)12)15-6-8(5-14-15)11(13)16/h2-6H,12H2,1H3,(H2,13,16). The van der Waals surface area contributed by atoms with Crippen LogP contribution in [0.25, 0.3) is 5.69 Å². The van der Waals surface area contributed by atoms with E-state index in [0.717, 1.165) is 11.3 Å². The first-order valence-electron chi connectivity index (χ1n) is 4.79. The van der Waals surface area contributed by atoms with Gasteiger partial charge in [-0.15, -0.1) is 0 Å². The number of nitrogens with two attached hydrogens (primary N) is 2. The molecule has 0 radical (unpaired) electrons. The minimum atomic E-state index is -0.502. The quantitative estimate of drug-likeness (QED) is 0.730. The molecule has 5 nitrogen and oxygen atoms in total. The van der Waals surface area contributed by atoms with Gasteiger partial charge in [0.2, 0.25) is 0 Å². The third kappa shape index (κ3) is 1.63. The fourth-order valence-electron chi connectivity index (χ4n) is 1.45. The molecular formula is C11H12N4O. The topological polar surface area (TPSA) is 86.9 Å². The van der Waals surface area contributed by atoms with Crippen LogP contribution < -0.4 is 11.5 Å². The summed E-state index contributed by atoms with van der Waals surface area (Å²) in [5, 5.41) is 4.05. The van der Waals surface area contributed by atoms with Crippen LogP contribution in [-0.2, 0) is 0 Å². The third-order valence-electron chi connectivity index (χ3n) is 2.42. The van der Waals surface area contributed by atoms with E-state index in [4.69, 9.17) is 11.5 Å². The van der Waals surface area contributed by atoms with Crippen molar-refractivity contribution in [3.05, 3.63) is 41.7 Å². The van der Waals surface area contributed by atoms with Crippen LogP contribution in [0.15, 0.2) is 30.6 Å². The van der Waals surface area contributed by atoms with Gasteiger partial charge in [-0.1, -0.05) is 12.1 Å². The summed E-state index contributed by atoms with van der Waals surface area (Å²) in [5.41, 5.74) is 13.8. The molecule has 0 aliphatic rings. The Bertz CT molecular complexity index is 545. The third-order valence-corrected chi connectivity index (χ3v) is 2.42. The van der Waals surface area contributed by atoms with Gasteiger partial charge in [0.1, 0.15) is 0 Å². The Morgan fingerprint density at radius 1 is 1.44 bits per heavy atom. The number of aryl methyl sites for hydroxylation is 1. The summed E-state index contributed by atoms with van der Waals surface area (Å²) >= 11 is 0. The molecule has 0 saturated carbocycles. The zero-order chi connectivity index (χ0) is 11.7. The van der Waals surface area contributed by atoms with Crippen molar-refractivity contribution >= 4 is 11.6 Å². The van der Waals surface area contributed by atoms with Gasteiger partial charge in [0, 0.05) is 6.20 Å². The summed E-state index contributed by atoms with van der Waals surface area (Å²) in [6.45, 7) is 1.91. The molecule has 0 bridgehead atoms. The summed E-state index contributed by atoms with van der Waals surface area (Å²) in [5.74, 6) is -0.502. The molecule has 1 aromatic heterocycles. The average Bonchev–Trinajstić information content (AvgIpc) is 2.71. The van der Waals surface area contributed by atoms with Crippen LogP contribution in [0.5, 0.6) is 0 Å². The van der Waals surface area contributed by atoms with E-state index in [1.165, 1.54) is 6.20 Å². The Labute approximate surface area is 92.7 Å². The summed E-state index contributed by atoms with van der Waals surface area (Å²) in [4.78, 5) is 10.9. The number of anilines is 1. The van der Waals surface area contributed by atoms with Gasteiger partial charge in [0.05, 0.1) is 23.1 Å². The Morgan fingerprint density at radius 2 is 2.19 bits per heavy atom. The van der Waals surface area contributed by atoms with Gasteiger partial charge in [-0.2, -0.15) is 5.10 Å². The smallest absolute Gasteiger partial charge is 0.251 e. The molecule has 16 heavy (non-hydrogen) atoms. The van der Waals surface area contributed by atoms with E-state index in [1.54, 1.807) is 10.9 Å². The Hall–Kier alpha value is -2.30. The molecular weight excluding hydrogens is 204 g/mol. The predicted octanol–water partition coefficient (Wildman–Crippen LogP) is 0.862. The van der Waals surface area contributed by atoms with Gasteiger partial charge >= 0.3 is 0 Å². The molecule has 1 amide bonds. The molecule has 1 aromatic carbocycles. The lowest BCUT2D eigenvalue weighted by Crippen LogP contribution is -2.09. The summed E-state index contributed by atoms with van der Waals surface area (Å²) < 4.78 is 1.54. The first-order valence-corrected chi connectivity index (χ1v) is 4.79. The molecule has 5 heteroatoms. The van der Waals surface area contributed by atoms with E-state index in [0.29, 0.717) is 11.3 Å². The molecule has 82 valence electrons. The lowest BCUT2D eigenvalue weighted by molar-refractivity contribution is 0.100. The first-order chi connectivity index (χ1) is 7.59. The number of carbonyl (C=O) groups is 1. The highest BCUT2D eigenvalue weighted by molar-refractivity contribution is 5.92. The van der Waals surface area contributed by atoms with Crippen molar-refractivity contribution in [1.29, 1.82) is 0 Å². The second-order valence-corrected chi connectivity index (χ2v) is 3.55. The molecule has 0 spiro atoms. The Morgan fingerprint density at radius 3 is 2.81 bits per heavy atom. The van der Waals surface area contributed by atoms with Crippen molar-refractivity contribution < 1.29 is 4.79 Å². The average molecular weight is 216 g/mol. The zero-order valence-corrected chi connectivity index (χ0v) is 8.84. The van der Waals surface area contributed by atoms with Crippen LogP contribution in [0.3, 0.4) is 0 Å². The van der Waals surface area contributed by atoms with Gasteiger partial charge in [0.25, 0.3) is 5.91 Å². The van der Waals surface area contributed by atoms with E-state index >= 15 is 0 Å². The van der Waals surface area contributed by atoms with Crippen LogP contribution in [0.1, 0.15) is 15.9 Å². The maximum atomic E-state index is 10.9. The Kier molecular flexibility index (Phi) is 2.36. The number of hydrogen-bond donors (Lipinski definition) is 2. The Balaban J connectivity index is 2.50. The van der Waals surface area contributed by atoms with Gasteiger partial charge in [-0.05, 0) is 18.6 Å². The van der Waals surface area contributed by atoms with Crippen molar-refractivity contribution in [3.63, 3.8) is 0 Å². The van der Waals surface area contributed by atoms with Crippen LogP contribution in [0.4, 0.5) is 5.69 Å². The number of hydrogen-bond acceptors (Lipinski definition) is 3. The lowest BCUT2D eigenvalue weighted by atomic mass is 10.2. The molecule has 0 saturated heterocycles. The molecule has 0 fully saturated rings. The fraction of sp³-hybridized carbons (Fsp3) is 0.0909. The van der Waals surface area contributed by atoms with Gasteiger partial charge in [-0.3, -0.25) is 4.79 Å². The highest BCUT2D eigenvalue weighted by atomic mass is 16.1. The maximum Gasteiger partial charge on any atom is 0.251 e. The number of nitrogens with zero attached hydrogens (tertiary/aromatic N) is 2. The van der Waals surface area contributed by atoms with Crippen LogP contribution in [-0.4, -0.2) is 15.7 Å². The van der Waals surface area contributed by atoms with E-state index < -0.39 is 5.91 Å². The number of amides is 1. The molecule has 0 atom stereocenters. The number of nitrogen functional groups attached to an aromatic ring is 1. The predicted molar refractivity (Wildman–Crippen MR) is 61.2 cm³/mol. The molecule has 0 aliphatic heterocycles. The van der Waals surface area contributed by atoms with Gasteiger partial charge < -0.3 is 11.5 Å². The number of rotatable bonds is 2.